The van der Waals surface area contributed by atoms with Gasteiger partial charge in [0.15, 0.2) is 0 Å². The van der Waals surface area contributed by atoms with Crippen molar-refractivity contribution < 1.29 is 5.11 Å². The quantitative estimate of drug-likeness (QED) is 0.724. The molecule has 1 atom stereocenters. The predicted octanol–water partition coefficient (Wildman–Crippen LogP) is 2.00. The Morgan fingerprint density at radius 2 is 1.93 bits per heavy atom. The molecule has 1 unspecified atom stereocenters. The number of hydrogen-bond acceptors (Lipinski definition) is 5. The molecule has 0 saturated carbocycles. The minimum atomic E-state index is -0.826. The van der Waals surface area contributed by atoms with Crippen LogP contribution in [0.5, 0.6) is 0 Å². The highest BCUT2D eigenvalue weighted by atomic mass is 16.3. The average Bonchev–Trinajstić information content (AvgIpc) is 3.02. The summed E-state index contributed by atoms with van der Waals surface area (Å²) in [6.07, 6.45) is 0.696. The Balaban J connectivity index is 1.46. The van der Waals surface area contributed by atoms with Crippen molar-refractivity contribution in [2.75, 3.05) is 31.6 Å². The van der Waals surface area contributed by atoms with Crippen LogP contribution in [0, 0.1) is 0 Å². The number of aromatic nitrogens is 2. The summed E-state index contributed by atoms with van der Waals surface area (Å²) in [5.41, 5.74) is 0.919. The van der Waals surface area contributed by atoms with Gasteiger partial charge in [-0.25, -0.2) is 4.98 Å². The number of aliphatic hydroxyl groups is 1. The molecule has 2 aromatic carbocycles. The van der Waals surface area contributed by atoms with Crippen LogP contribution < -0.4 is 10.5 Å². The lowest BCUT2D eigenvalue weighted by Crippen LogP contribution is -2.44. The molecule has 2 heterocycles. The zero-order valence-corrected chi connectivity index (χ0v) is 15.4. The number of aromatic amines is 1. The third-order valence-corrected chi connectivity index (χ3v) is 5.15. The normalized spacial score (nSPS) is 20.2. The van der Waals surface area contributed by atoms with E-state index >= 15 is 0 Å². The molecule has 0 aliphatic carbocycles. The van der Waals surface area contributed by atoms with E-state index < -0.39 is 5.60 Å². The van der Waals surface area contributed by atoms with Crippen LogP contribution in [0.4, 0.5) is 5.95 Å². The zero-order chi connectivity index (χ0) is 18.9. The number of likely N-dealkylation sites (tertiary alicyclic amines) is 1. The highest BCUT2D eigenvalue weighted by molar-refractivity contribution is 5.78. The molecule has 140 valence electrons. The van der Waals surface area contributed by atoms with E-state index in [1.165, 1.54) is 5.56 Å². The van der Waals surface area contributed by atoms with Crippen LogP contribution in [0.3, 0.4) is 0 Å². The first-order valence-corrected chi connectivity index (χ1v) is 9.21. The number of fused-ring (bicyclic) bond motifs is 1. The summed E-state index contributed by atoms with van der Waals surface area (Å²) >= 11 is 0. The summed E-state index contributed by atoms with van der Waals surface area (Å²) in [6.45, 7) is 2.70. The van der Waals surface area contributed by atoms with E-state index in [2.05, 4.69) is 27.0 Å². The molecule has 1 saturated heterocycles. The van der Waals surface area contributed by atoms with E-state index in [0.717, 1.165) is 13.1 Å². The van der Waals surface area contributed by atoms with Crippen molar-refractivity contribution in [1.82, 2.24) is 14.9 Å². The number of para-hydroxylation sites is 1. The maximum absolute atomic E-state index is 12.3. The first kappa shape index (κ1) is 17.7. The summed E-state index contributed by atoms with van der Waals surface area (Å²) in [5.74, 6) is 0.480. The molecule has 1 fully saturated rings. The van der Waals surface area contributed by atoms with Crippen LogP contribution in [0.25, 0.3) is 10.9 Å². The van der Waals surface area contributed by atoms with Crippen LogP contribution in [0.1, 0.15) is 12.0 Å². The standard InChI is InChI=1S/C21H24N4O2/c1-24(20-22-18-10-6-5-9-17(18)19(26)23-20)14-21(27)11-12-25(15-21)13-16-7-3-2-4-8-16/h2-10,27H,11-15H2,1H3,(H,22,23,26). The van der Waals surface area contributed by atoms with Gasteiger partial charge in [-0.15, -0.1) is 0 Å². The third kappa shape index (κ3) is 3.86. The van der Waals surface area contributed by atoms with Crippen LogP contribution in [-0.2, 0) is 6.54 Å². The highest BCUT2D eigenvalue weighted by Crippen LogP contribution is 2.25. The number of benzene rings is 2. The van der Waals surface area contributed by atoms with Gasteiger partial charge >= 0.3 is 0 Å². The molecule has 0 spiro atoms. The number of nitrogens with one attached hydrogen (secondary N) is 1. The lowest BCUT2D eigenvalue weighted by atomic mass is 10.0. The molecule has 1 aromatic heterocycles. The third-order valence-electron chi connectivity index (χ3n) is 5.15. The predicted molar refractivity (Wildman–Crippen MR) is 107 cm³/mol. The number of hydrogen-bond donors (Lipinski definition) is 2. The summed E-state index contributed by atoms with van der Waals surface area (Å²) < 4.78 is 0. The second-order valence-corrected chi connectivity index (χ2v) is 7.43. The van der Waals surface area contributed by atoms with Crippen molar-refractivity contribution in [2.24, 2.45) is 0 Å². The monoisotopic (exact) mass is 364 g/mol. The summed E-state index contributed by atoms with van der Waals surface area (Å²) in [4.78, 5) is 23.7. The van der Waals surface area contributed by atoms with Gasteiger partial charge in [0, 0.05) is 26.7 Å². The summed E-state index contributed by atoms with van der Waals surface area (Å²) in [6, 6.07) is 17.6. The van der Waals surface area contributed by atoms with Crippen molar-refractivity contribution in [3.63, 3.8) is 0 Å². The van der Waals surface area contributed by atoms with Gasteiger partial charge in [-0.2, -0.15) is 0 Å². The second-order valence-electron chi connectivity index (χ2n) is 7.43. The molecule has 4 rings (SSSR count). The molecule has 6 heteroatoms. The Bertz CT molecular complexity index is 988. The lowest BCUT2D eigenvalue weighted by Gasteiger charge is -2.29. The van der Waals surface area contributed by atoms with Crippen molar-refractivity contribution in [1.29, 1.82) is 0 Å². The van der Waals surface area contributed by atoms with Crippen LogP contribution in [0.15, 0.2) is 59.4 Å². The van der Waals surface area contributed by atoms with Gasteiger partial charge in [0.2, 0.25) is 5.95 Å². The van der Waals surface area contributed by atoms with Crippen molar-refractivity contribution in [3.05, 3.63) is 70.5 Å². The number of rotatable bonds is 5. The number of nitrogens with zero attached hydrogens (tertiary/aromatic N) is 3. The Morgan fingerprint density at radius 1 is 1.19 bits per heavy atom. The van der Waals surface area contributed by atoms with Gasteiger partial charge in [0.05, 0.1) is 23.0 Å². The molecule has 3 aromatic rings. The molecule has 1 aliphatic heterocycles. The Labute approximate surface area is 158 Å². The number of β-amino-alcohol motifs (C(OH)–C–C–N with tert-alkyl or cyclic N) is 1. The van der Waals surface area contributed by atoms with E-state index in [1.807, 2.05) is 48.3 Å². The van der Waals surface area contributed by atoms with Gasteiger partial charge in [-0.1, -0.05) is 42.5 Å². The maximum atomic E-state index is 12.3. The van der Waals surface area contributed by atoms with Crippen LogP contribution in [0.2, 0.25) is 0 Å². The smallest absolute Gasteiger partial charge is 0.260 e. The lowest BCUT2D eigenvalue weighted by molar-refractivity contribution is 0.0559. The van der Waals surface area contributed by atoms with E-state index in [1.54, 1.807) is 6.07 Å². The van der Waals surface area contributed by atoms with Gasteiger partial charge in [-0.3, -0.25) is 14.7 Å². The van der Waals surface area contributed by atoms with Gasteiger partial charge in [-0.05, 0) is 24.1 Å². The number of likely N-dealkylation sites (N-methyl/N-ethyl adjacent to an activating group) is 1. The molecular formula is C21H24N4O2. The average molecular weight is 364 g/mol. The highest BCUT2D eigenvalue weighted by Gasteiger charge is 2.37. The van der Waals surface area contributed by atoms with Crippen molar-refractivity contribution in [3.8, 4) is 0 Å². The molecular weight excluding hydrogens is 340 g/mol. The van der Waals surface area contributed by atoms with E-state index in [-0.39, 0.29) is 5.56 Å². The fourth-order valence-electron chi connectivity index (χ4n) is 3.82. The van der Waals surface area contributed by atoms with Crippen LogP contribution in [-0.4, -0.2) is 52.3 Å². The SMILES string of the molecule is CN(CC1(O)CCN(Cc2ccccc2)C1)c1nc2ccccc2c(=O)[nH]1. The first-order valence-electron chi connectivity index (χ1n) is 9.21. The largest absolute Gasteiger partial charge is 0.387 e. The Hall–Kier alpha value is -2.70. The van der Waals surface area contributed by atoms with Crippen molar-refractivity contribution in [2.45, 2.75) is 18.6 Å². The summed E-state index contributed by atoms with van der Waals surface area (Å²) in [7, 11) is 1.85. The van der Waals surface area contributed by atoms with Crippen LogP contribution >= 0.6 is 0 Å². The zero-order valence-electron chi connectivity index (χ0n) is 15.4. The minimum absolute atomic E-state index is 0.161. The molecule has 6 nitrogen and oxygen atoms in total. The molecule has 0 radical (unpaired) electrons. The number of H-pyrrole nitrogens is 1. The maximum Gasteiger partial charge on any atom is 0.260 e. The summed E-state index contributed by atoms with van der Waals surface area (Å²) in [5, 5.41) is 11.6. The topological polar surface area (TPSA) is 72.5 Å². The van der Waals surface area contributed by atoms with Gasteiger partial charge in [0.1, 0.15) is 0 Å². The molecule has 1 aliphatic rings. The van der Waals surface area contributed by atoms with E-state index in [0.29, 0.717) is 36.4 Å². The molecule has 27 heavy (non-hydrogen) atoms. The van der Waals surface area contributed by atoms with Crippen molar-refractivity contribution >= 4 is 16.9 Å². The fourth-order valence-corrected chi connectivity index (χ4v) is 3.82. The number of anilines is 1. The van der Waals surface area contributed by atoms with E-state index in [9.17, 15) is 9.90 Å². The fraction of sp³-hybridized carbons (Fsp3) is 0.333. The minimum Gasteiger partial charge on any atom is -0.387 e. The second kappa shape index (κ2) is 7.13. The van der Waals surface area contributed by atoms with Gasteiger partial charge in [0.25, 0.3) is 5.56 Å². The molecule has 0 bridgehead atoms. The molecule has 0 amide bonds. The molecule has 2 N–H and O–H groups in total. The Kier molecular flexibility index (Phi) is 4.68. The van der Waals surface area contributed by atoms with Gasteiger partial charge < -0.3 is 10.0 Å². The first-order chi connectivity index (χ1) is 13.0. The Morgan fingerprint density at radius 3 is 2.74 bits per heavy atom. The van der Waals surface area contributed by atoms with E-state index in [4.69, 9.17) is 0 Å².